The van der Waals surface area contributed by atoms with Crippen molar-refractivity contribution in [2.45, 2.75) is 24.5 Å². The second kappa shape index (κ2) is 4.80. The summed E-state index contributed by atoms with van der Waals surface area (Å²) in [5.41, 5.74) is 6.01. The number of hydrogen-bond acceptors (Lipinski definition) is 4. The number of ether oxygens (including phenoxy) is 1. The van der Waals surface area contributed by atoms with E-state index in [4.69, 9.17) is 10.5 Å². The third-order valence-electron chi connectivity index (χ3n) is 4.18. The van der Waals surface area contributed by atoms with E-state index in [1.807, 2.05) is 12.1 Å². The van der Waals surface area contributed by atoms with E-state index >= 15 is 0 Å². The van der Waals surface area contributed by atoms with Crippen molar-refractivity contribution in [3.05, 3.63) is 35.6 Å². The van der Waals surface area contributed by atoms with Gasteiger partial charge in [-0.15, -0.1) is 0 Å². The molecule has 3 rings (SSSR count). The zero-order chi connectivity index (χ0) is 13.5. The molecule has 1 aliphatic carbocycles. The Morgan fingerprint density at radius 2 is 2.26 bits per heavy atom. The van der Waals surface area contributed by atoms with Gasteiger partial charge in [-0.25, -0.2) is 4.39 Å². The fourth-order valence-electron chi connectivity index (χ4n) is 3.25. The molecule has 102 valence electrons. The number of hydrogen-bond donors (Lipinski definition) is 1. The Balaban J connectivity index is 2.11. The quantitative estimate of drug-likeness (QED) is 0.905. The molecule has 1 aromatic carbocycles. The Labute approximate surface area is 116 Å². The van der Waals surface area contributed by atoms with Crippen molar-refractivity contribution < 1.29 is 9.13 Å². The minimum Gasteiger partial charge on any atom is -0.381 e. The molecule has 3 nitrogen and oxygen atoms in total. The molecule has 0 amide bonds. The molecule has 2 N–H and O–H groups in total. The zero-order valence-electron chi connectivity index (χ0n) is 10.8. The van der Waals surface area contributed by atoms with E-state index in [-0.39, 0.29) is 17.8 Å². The van der Waals surface area contributed by atoms with Gasteiger partial charge >= 0.3 is 0 Å². The number of fused-ring (bicyclic) bond motifs is 1. The number of nitrogens with zero attached hydrogens (tertiary/aromatic N) is 1. The molecular weight excluding hydrogens is 263 g/mol. The molecule has 0 radical (unpaired) electrons. The lowest BCUT2D eigenvalue weighted by Gasteiger charge is -2.35. The van der Waals surface area contributed by atoms with Gasteiger partial charge in [-0.1, -0.05) is 30.0 Å². The normalized spacial score (nSPS) is 33.9. The third kappa shape index (κ3) is 2.05. The van der Waals surface area contributed by atoms with Gasteiger partial charge < -0.3 is 10.5 Å². The lowest BCUT2D eigenvalue weighted by molar-refractivity contribution is 0.102. The Morgan fingerprint density at radius 1 is 1.47 bits per heavy atom. The number of benzene rings is 1. The van der Waals surface area contributed by atoms with Gasteiger partial charge in [0.05, 0.1) is 11.6 Å². The van der Waals surface area contributed by atoms with Gasteiger partial charge in [-0.05, 0) is 12.5 Å². The number of amidine groups is 1. The Kier molecular flexibility index (Phi) is 3.27. The predicted octanol–water partition coefficient (Wildman–Crippen LogP) is 2.51. The van der Waals surface area contributed by atoms with Crippen molar-refractivity contribution in [1.82, 2.24) is 0 Å². The van der Waals surface area contributed by atoms with E-state index in [0.717, 1.165) is 12.2 Å². The van der Waals surface area contributed by atoms with Crippen LogP contribution in [0.15, 0.2) is 29.3 Å². The summed E-state index contributed by atoms with van der Waals surface area (Å²) < 4.78 is 19.7. The molecule has 1 fully saturated rings. The highest BCUT2D eigenvalue weighted by Gasteiger charge is 2.51. The Bertz CT molecular complexity index is 522. The SMILES string of the molecule is CO[C@@H]1C[C@H]2CSC(N)=N[C@@]2(c2ccccc2F)C1. The van der Waals surface area contributed by atoms with Crippen LogP contribution in [0.3, 0.4) is 0 Å². The maximum atomic E-state index is 14.2. The van der Waals surface area contributed by atoms with E-state index in [0.29, 0.717) is 17.2 Å². The second-order valence-corrected chi connectivity index (χ2v) is 6.20. The third-order valence-corrected chi connectivity index (χ3v) is 5.13. The molecule has 2 aliphatic rings. The van der Waals surface area contributed by atoms with E-state index in [1.54, 1.807) is 24.9 Å². The van der Waals surface area contributed by atoms with Crippen LogP contribution in [0, 0.1) is 11.7 Å². The van der Waals surface area contributed by atoms with Crippen LogP contribution in [-0.4, -0.2) is 24.1 Å². The van der Waals surface area contributed by atoms with Crippen molar-refractivity contribution >= 4 is 16.9 Å². The average Bonchev–Trinajstić information content (AvgIpc) is 2.78. The summed E-state index contributed by atoms with van der Waals surface area (Å²) in [6, 6.07) is 6.89. The number of nitrogens with two attached hydrogens (primary N) is 1. The maximum absolute atomic E-state index is 14.2. The number of methoxy groups -OCH3 is 1. The van der Waals surface area contributed by atoms with Crippen molar-refractivity contribution in [3.63, 3.8) is 0 Å². The molecule has 5 heteroatoms. The van der Waals surface area contributed by atoms with Crippen LogP contribution in [0.5, 0.6) is 0 Å². The molecule has 1 saturated carbocycles. The first kappa shape index (κ1) is 12.9. The van der Waals surface area contributed by atoms with Gasteiger partial charge in [0.1, 0.15) is 5.82 Å². The van der Waals surface area contributed by atoms with E-state index in [9.17, 15) is 4.39 Å². The van der Waals surface area contributed by atoms with Crippen LogP contribution in [-0.2, 0) is 10.3 Å². The molecule has 1 aliphatic heterocycles. The molecule has 0 aromatic heterocycles. The largest absolute Gasteiger partial charge is 0.381 e. The molecule has 0 spiro atoms. The molecule has 0 saturated heterocycles. The standard InChI is InChI=1S/C14H17FN2OS/c1-18-10-6-9-8-19-13(16)17-14(9,7-10)11-4-2-3-5-12(11)15/h2-5,9-10H,6-8H2,1H3,(H2,16,17)/t9-,10+,14-/m0/s1. The summed E-state index contributed by atoms with van der Waals surface area (Å²) in [7, 11) is 1.71. The van der Waals surface area contributed by atoms with E-state index in [1.165, 1.54) is 6.07 Å². The summed E-state index contributed by atoms with van der Waals surface area (Å²) in [6.45, 7) is 0. The molecular formula is C14H17FN2OS. The fourth-order valence-corrected chi connectivity index (χ4v) is 4.26. The van der Waals surface area contributed by atoms with Gasteiger partial charge in [-0.2, -0.15) is 0 Å². The Hall–Kier alpha value is -1.07. The van der Waals surface area contributed by atoms with Crippen molar-refractivity contribution in [1.29, 1.82) is 0 Å². The van der Waals surface area contributed by atoms with E-state index in [2.05, 4.69) is 4.99 Å². The van der Waals surface area contributed by atoms with Crippen molar-refractivity contribution in [3.8, 4) is 0 Å². The molecule has 1 aromatic rings. The van der Waals surface area contributed by atoms with Crippen LogP contribution in [0.25, 0.3) is 0 Å². The minimum absolute atomic E-state index is 0.125. The van der Waals surface area contributed by atoms with Gasteiger partial charge in [0, 0.05) is 30.8 Å². The van der Waals surface area contributed by atoms with Gasteiger partial charge in [0.25, 0.3) is 0 Å². The van der Waals surface area contributed by atoms with Crippen molar-refractivity contribution in [2.24, 2.45) is 16.6 Å². The fraction of sp³-hybridized carbons (Fsp3) is 0.500. The zero-order valence-corrected chi connectivity index (χ0v) is 11.6. The minimum atomic E-state index is -0.540. The van der Waals surface area contributed by atoms with Crippen molar-refractivity contribution in [2.75, 3.05) is 12.9 Å². The van der Waals surface area contributed by atoms with Crippen LogP contribution in [0.1, 0.15) is 18.4 Å². The predicted molar refractivity (Wildman–Crippen MR) is 75.7 cm³/mol. The summed E-state index contributed by atoms with van der Waals surface area (Å²) in [6.07, 6.45) is 1.74. The molecule has 0 unspecified atom stereocenters. The van der Waals surface area contributed by atoms with Crippen LogP contribution in [0.4, 0.5) is 4.39 Å². The maximum Gasteiger partial charge on any atom is 0.154 e. The topological polar surface area (TPSA) is 47.6 Å². The van der Waals surface area contributed by atoms with Crippen LogP contribution < -0.4 is 5.73 Å². The van der Waals surface area contributed by atoms with Gasteiger partial charge in [0.15, 0.2) is 5.17 Å². The number of rotatable bonds is 2. The summed E-state index contributed by atoms with van der Waals surface area (Å²) in [5, 5.41) is 0.552. The molecule has 1 heterocycles. The summed E-state index contributed by atoms with van der Waals surface area (Å²) in [4.78, 5) is 4.64. The smallest absolute Gasteiger partial charge is 0.154 e. The molecule has 0 bridgehead atoms. The summed E-state index contributed by atoms with van der Waals surface area (Å²) >= 11 is 1.56. The summed E-state index contributed by atoms with van der Waals surface area (Å²) in [5.74, 6) is 0.961. The van der Waals surface area contributed by atoms with E-state index < -0.39 is 5.54 Å². The highest BCUT2D eigenvalue weighted by Crippen LogP contribution is 2.51. The Morgan fingerprint density at radius 3 is 3.00 bits per heavy atom. The first-order chi connectivity index (χ1) is 9.15. The lowest BCUT2D eigenvalue weighted by atomic mass is 9.81. The highest BCUT2D eigenvalue weighted by molar-refractivity contribution is 8.13. The van der Waals surface area contributed by atoms with Crippen LogP contribution in [0.2, 0.25) is 0 Å². The molecule has 3 atom stereocenters. The van der Waals surface area contributed by atoms with Gasteiger partial charge in [-0.3, -0.25) is 4.99 Å². The first-order valence-electron chi connectivity index (χ1n) is 6.41. The number of halogens is 1. The number of thioether (sulfide) groups is 1. The van der Waals surface area contributed by atoms with Gasteiger partial charge in [0.2, 0.25) is 0 Å². The monoisotopic (exact) mass is 280 g/mol. The lowest BCUT2D eigenvalue weighted by Crippen LogP contribution is -2.37. The first-order valence-corrected chi connectivity index (χ1v) is 7.40. The molecule has 19 heavy (non-hydrogen) atoms. The average molecular weight is 280 g/mol. The highest BCUT2D eigenvalue weighted by atomic mass is 32.2. The number of aliphatic imine (C=N–C) groups is 1. The second-order valence-electron chi connectivity index (χ2n) is 5.16. The van der Waals surface area contributed by atoms with Crippen LogP contribution >= 0.6 is 11.8 Å².